The monoisotopic (exact) mass is 590 g/mol. The summed E-state index contributed by atoms with van der Waals surface area (Å²) in [5.74, 6) is 0. The molecule has 1 aliphatic carbocycles. The first-order chi connectivity index (χ1) is 13.8. The molecule has 0 radical (unpaired) electrons. The van der Waals surface area contributed by atoms with Gasteiger partial charge in [-0.15, -0.1) is 28.7 Å². The zero-order valence-corrected chi connectivity index (χ0v) is 24.0. The van der Waals surface area contributed by atoms with Gasteiger partial charge < -0.3 is 0 Å². The van der Waals surface area contributed by atoms with E-state index in [1.807, 2.05) is 0 Å². The van der Waals surface area contributed by atoms with Crippen molar-refractivity contribution < 1.29 is 18.5 Å². The van der Waals surface area contributed by atoms with E-state index in [0.29, 0.717) is 0 Å². The molecule has 0 unspecified atom stereocenters. The van der Waals surface area contributed by atoms with Gasteiger partial charge >= 0.3 is 43.0 Å². The first kappa shape index (κ1) is 24.9. The van der Waals surface area contributed by atoms with Gasteiger partial charge in [0.25, 0.3) is 0 Å². The Labute approximate surface area is 200 Å². The molecule has 3 heteroatoms. The summed E-state index contributed by atoms with van der Waals surface area (Å²) in [4.78, 5) is 0. The van der Waals surface area contributed by atoms with Crippen molar-refractivity contribution in [1.29, 1.82) is 0 Å². The first-order valence-electron chi connectivity index (χ1n) is 10.1. The van der Waals surface area contributed by atoms with E-state index in [2.05, 4.69) is 108 Å². The molecule has 0 spiro atoms. The van der Waals surface area contributed by atoms with E-state index in [9.17, 15) is 0 Å². The molecule has 0 atom stereocenters. The summed E-state index contributed by atoms with van der Waals surface area (Å²) in [7, 11) is 0. The van der Waals surface area contributed by atoms with Gasteiger partial charge in [0.15, 0.2) is 0 Å². The van der Waals surface area contributed by atoms with Crippen LogP contribution in [0, 0.1) is 33.8 Å². The van der Waals surface area contributed by atoms with E-state index in [-0.39, 0.29) is 18.5 Å². The number of rotatable bonds is 2. The van der Waals surface area contributed by atoms with Crippen LogP contribution in [-0.2, 0) is 31.4 Å². The number of allylic oxidation sites excluding steroid dienone is 1. The van der Waals surface area contributed by atoms with Gasteiger partial charge in [-0.05, 0) is 0 Å². The molecule has 0 amide bonds. The number of benzene rings is 2. The van der Waals surface area contributed by atoms with E-state index >= 15 is 0 Å². The Hall–Kier alpha value is -0.367. The Morgan fingerprint density at radius 1 is 1.00 bits per heavy atom. The average molecular weight is 594 g/mol. The van der Waals surface area contributed by atoms with Gasteiger partial charge in [0, 0.05) is 0 Å². The molecule has 0 saturated carbocycles. The fourth-order valence-corrected chi connectivity index (χ4v) is 4.08. The van der Waals surface area contributed by atoms with Crippen LogP contribution in [-0.4, -0.2) is 0 Å². The summed E-state index contributed by atoms with van der Waals surface area (Å²) in [6.45, 7) is 13.4. The normalized spacial score (nSPS) is 11.7. The van der Waals surface area contributed by atoms with Crippen LogP contribution in [0.4, 0.5) is 0 Å². The second-order valence-electron chi connectivity index (χ2n) is 7.70. The van der Waals surface area contributed by atoms with Crippen molar-refractivity contribution in [2.45, 2.75) is 60.8 Å². The van der Waals surface area contributed by atoms with Crippen molar-refractivity contribution >= 4 is 35.2 Å². The van der Waals surface area contributed by atoms with Gasteiger partial charge in [-0.2, -0.15) is 39.5 Å². The van der Waals surface area contributed by atoms with E-state index in [4.69, 9.17) is 0 Å². The Balaban J connectivity index is 0.000000185. The molecule has 0 saturated heterocycles. The van der Waals surface area contributed by atoms with Crippen molar-refractivity contribution in [2.75, 3.05) is 0 Å². The molecule has 0 bridgehead atoms. The van der Waals surface area contributed by atoms with Crippen molar-refractivity contribution in [3.8, 4) is 0 Å². The predicted molar refractivity (Wildman–Crippen MR) is 132 cm³/mol. The van der Waals surface area contributed by atoms with E-state index in [1.165, 1.54) is 62.6 Å². The molecule has 0 fully saturated rings. The summed E-state index contributed by atoms with van der Waals surface area (Å²) < 4.78 is 0. The molecular formula is C26H30Br2Zr. The quantitative estimate of drug-likeness (QED) is 0.261. The fourth-order valence-electron chi connectivity index (χ4n) is 4.08. The van der Waals surface area contributed by atoms with Gasteiger partial charge in [0.2, 0.25) is 0 Å². The minimum atomic E-state index is -0.145. The van der Waals surface area contributed by atoms with Gasteiger partial charge in [-0.25, -0.2) is 0 Å². The number of fused-ring (bicyclic) bond motifs is 3. The molecule has 152 valence electrons. The predicted octanol–water partition coefficient (Wildman–Crippen LogP) is 8.77. The van der Waals surface area contributed by atoms with Crippen LogP contribution in [0.5, 0.6) is 0 Å². The molecule has 0 nitrogen and oxygen atoms in total. The van der Waals surface area contributed by atoms with Crippen LogP contribution < -0.4 is 0 Å². The number of hydrogen-bond donors (Lipinski definition) is 0. The SMILES string of the molecule is CC1=[C-]c2c(ccc3ccccc23)C1.CCCc1c(C)c(C)c(C)[c-]1C.[Br][Zr+2][Br]. The Morgan fingerprint density at radius 3 is 2.24 bits per heavy atom. The van der Waals surface area contributed by atoms with Crippen LogP contribution in [0.15, 0.2) is 42.0 Å². The summed E-state index contributed by atoms with van der Waals surface area (Å²) >= 11 is 6.32. The molecule has 0 aliphatic heterocycles. The maximum atomic E-state index is 3.46. The molecule has 3 aromatic rings. The summed E-state index contributed by atoms with van der Waals surface area (Å²) in [5.41, 5.74) is 11.7. The van der Waals surface area contributed by atoms with Gasteiger partial charge in [-0.1, -0.05) is 90.5 Å². The molecule has 1 aliphatic rings. The zero-order valence-electron chi connectivity index (χ0n) is 18.3. The summed E-state index contributed by atoms with van der Waals surface area (Å²) in [6.07, 6.45) is 7.02. The second kappa shape index (κ2) is 11.9. The Kier molecular flexibility index (Phi) is 10.2. The molecule has 0 heterocycles. The van der Waals surface area contributed by atoms with Crippen LogP contribution in [0.25, 0.3) is 10.8 Å². The number of halogens is 2. The third-order valence-corrected chi connectivity index (χ3v) is 5.90. The van der Waals surface area contributed by atoms with Crippen LogP contribution in [0.2, 0.25) is 0 Å². The Morgan fingerprint density at radius 2 is 1.66 bits per heavy atom. The topological polar surface area (TPSA) is 0 Å². The van der Waals surface area contributed by atoms with Crippen molar-refractivity contribution in [1.82, 2.24) is 0 Å². The van der Waals surface area contributed by atoms with Crippen LogP contribution in [0.1, 0.15) is 59.2 Å². The van der Waals surface area contributed by atoms with Gasteiger partial charge in [0.1, 0.15) is 0 Å². The molecule has 0 aromatic heterocycles. The van der Waals surface area contributed by atoms with E-state index < -0.39 is 0 Å². The molecule has 29 heavy (non-hydrogen) atoms. The summed E-state index contributed by atoms with van der Waals surface area (Å²) in [5, 5.41) is 2.65. The summed E-state index contributed by atoms with van der Waals surface area (Å²) in [6, 6.07) is 12.9. The first-order valence-corrected chi connectivity index (χ1v) is 21.4. The van der Waals surface area contributed by atoms with Crippen LogP contribution >= 0.6 is 24.4 Å². The molecule has 4 rings (SSSR count). The van der Waals surface area contributed by atoms with Crippen molar-refractivity contribution in [3.05, 3.63) is 87.0 Å². The molecule has 3 aromatic carbocycles. The van der Waals surface area contributed by atoms with Crippen LogP contribution in [0.3, 0.4) is 0 Å². The minimum absolute atomic E-state index is 0.145. The zero-order chi connectivity index (χ0) is 21.6. The van der Waals surface area contributed by atoms with E-state index in [1.54, 1.807) is 5.56 Å². The van der Waals surface area contributed by atoms with Gasteiger partial charge in [-0.3, -0.25) is 0 Å². The Bertz CT molecular complexity index is 970. The average Bonchev–Trinajstić information content (AvgIpc) is 3.18. The van der Waals surface area contributed by atoms with Gasteiger partial charge in [0.05, 0.1) is 0 Å². The number of hydrogen-bond acceptors (Lipinski definition) is 0. The standard InChI is InChI=1S/C14H11.C12H19.2BrH.Zr/c1-10-8-12-7-6-11-4-2-3-5-13(11)14(12)9-10;1-6-7-12-10(4)8(2)9(3)11(12)5;;;/h2-7H,8H2,1H3;6-7H2,1-5H3;2*1H;/q2*-1;;;+4/p-2. The van der Waals surface area contributed by atoms with Crippen molar-refractivity contribution in [2.24, 2.45) is 0 Å². The van der Waals surface area contributed by atoms with Crippen molar-refractivity contribution in [3.63, 3.8) is 0 Å². The second-order valence-corrected chi connectivity index (χ2v) is 19.0. The maximum absolute atomic E-state index is 3.46. The molecule has 0 N–H and O–H groups in total. The van der Waals surface area contributed by atoms with E-state index in [0.717, 1.165) is 6.42 Å². The third-order valence-electron chi connectivity index (χ3n) is 5.90. The third kappa shape index (κ3) is 6.08. The molecular weight excluding hydrogens is 563 g/mol. The fraction of sp³-hybridized carbons (Fsp3) is 0.346.